The van der Waals surface area contributed by atoms with E-state index in [0.717, 1.165) is 37.4 Å². The lowest BCUT2D eigenvalue weighted by Crippen LogP contribution is -2.26. The number of hydrogen-bond donors (Lipinski definition) is 2. The monoisotopic (exact) mass is 351 g/mol. The van der Waals surface area contributed by atoms with Crippen molar-refractivity contribution in [2.45, 2.75) is 65.2 Å². The number of carbonyl (C=O) groups excluding carboxylic acids is 2. The first kappa shape index (κ1) is 18.9. The fraction of sp³-hybridized carbons (Fsp3) is 0.722. The Morgan fingerprint density at radius 3 is 2.71 bits per heavy atom. The standard InChI is InChI=1S/C18H29N3O2S/c1-13(2)7-5-3-4-6-10-19-16(22)11-15-12-24-18(20-15)21-17(23)14-8-9-14/h12-14H,3-11H2,1-2H3,(H,19,22)(H,20,21,23). The number of anilines is 1. The van der Waals surface area contributed by atoms with Crippen LogP contribution in [0, 0.1) is 11.8 Å². The number of carbonyl (C=O) groups is 2. The summed E-state index contributed by atoms with van der Waals surface area (Å²) in [6, 6.07) is 0. The zero-order chi connectivity index (χ0) is 17.4. The van der Waals surface area contributed by atoms with Gasteiger partial charge in [0.25, 0.3) is 0 Å². The van der Waals surface area contributed by atoms with E-state index in [4.69, 9.17) is 0 Å². The Morgan fingerprint density at radius 2 is 2.00 bits per heavy atom. The summed E-state index contributed by atoms with van der Waals surface area (Å²) in [6.45, 7) is 5.24. The quantitative estimate of drug-likeness (QED) is 0.596. The molecule has 5 nitrogen and oxygen atoms in total. The number of thiazole rings is 1. The fourth-order valence-electron chi connectivity index (χ4n) is 2.48. The van der Waals surface area contributed by atoms with Crippen molar-refractivity contribution < 1.29 is 9.59 Å². The van der Waals surface area contributed by atoms with Gasteiger partial charge in [-0.1, -0.05) is 39.5 Å². The molecule has 0 saturated heterocycles. The smallest absolute Gasteiger partial charge is 0.229 e. The molecule has 0 radical (unpaired) electrons. The lowest BCUT2D eigenvalue weighted by atomic mass is 10.0. The van der Waals surface area contributed by atoms with Gasteiger partial charge < -0.3 is 10.6 Å². The van der Waals surface area contributed by atoms with Crippen molar-refractivity contribution in [3.63, 3.8) is 0 Å². The molecule has 1 aromatic heterocycles. The van der Waals surface area contributed by atoms with E-state index in [0.29, 0.717) is 5.13 Å². The number of nitrogens with zero attached hydrogens (tertiary/aromatic N) is 1. The first-order chi connectivity index (χ1) is 11.5. The van der Waals surface area contributed by atoms with Crippen LogP contribution < -0.4 is 10.6 Å². The van der Waals surface area contributed by atoms with Gasteiger partial charge in [0, 0.05) is 17.8 Å². The minimum atomic E-state index is 0.00236. The molecule has 1 aliphatic carbocycles. The van der Waals surface area contributed by atoms with Gasteiger partial charge in [0.15, 0.2) is 5.13 Å². The summed E-state index contributed by atoms with van der Waals surface area (Å²) < 4.78 is 0. The summed E-state index contributed by atoms with van der Waals surface area (Å²) in [5.41, 5.74) is 0.723. The zero-order valence-electron chi connectivity index (χ0n) is 14.8. The molecule has 2 rings (SSSR count). The number of unbranched alkanes of at least 4 members (excludes halogenated alkanes) is 3. The Labute approximate surface area is 148 Å². The number of hydrogen-bond acceptors (Lipinski definition) is 4. The summed E-state index contributed by atoms with van der Waals surface area (Å²) in [5.74, 6) is 1.00. The molecule has 0 aromatic carbocycles. The average molecular weight is 352 g/mol. The number of amides is 2. The largest absolute Gasteiger partial charge is 0.356 e. The Bertz CT molecular complexity index is 538. The number of nitrogens with one attached hydrogen (secondary N) is 2. The van der Waals surface area contributed by atoms with Gasteiger partial charge in [-0.25, -0.2) is 4.98 Å². The van der Waals surface area contributed by atoms with Crippen molar-refractivity contribution in [2.24, 2.45) is 11.8 Å². The highest BCUT2D eigenvalue weighted by atomic mass is 32.1. The van der Waals surface area contributed by atoms with E-state index in [2.05, 4.69) is 29.5 Å². The van der Waals surface area contributed by atoms with Crippen molar-refractivity contribution in [1.82, 2.24) is 10.3 Å². The molecule has 2 amide bonds. The van der Waals surface area contributed by atoms with Crippen LogP contribution in [0.3, 0.4) is 0 Å². The fourth-order valence-corrected chi connectivity index (χ4v) is 3.20. The Balaban J connectivity index is 1.55. The van der Waals surface area contributed by atoms with Crippen molar-refractivity contribution in [2.75, 3.05) is 11.9 Å². The molecule has 1 aromatic rings. The first-order valence-corrected chi connectivity index (χ1v) is 9.94. The second-order valence-corrected chi connectivity index (χ2v) is 7.89. The van der Waals surface area contributed by atoms with Crippen molar-refractivity contribution in [1.29, 1.82) is 0 Å². The van der Waals surface area contributed by atoms with Crippen LogP contribution in [0.25, 0.3) is 0 Å². The minimum Gasteiger partial charge on any atom is -0.356 e. The molecule has 0 bridgehead atoms. The number of aromatic nitrogens is 1. The van der Waals surface area contributed by atoms with E-state index in [-0.39, 0.29) is 24.2 Å². The van der Waals surface area contributed by atoms with Gasteiger partial charge >= 0.3 is 0 Å². The van der Waals surface area contributed by atoms with E-state index >= 15 is 0 Å². The van der Waals surface area contributed by atoms with Gasteiger partial charge in [0.1, 0.15) is 0 Å². The maximum absolute atomic E-state index is 11.9. The highest BCUT2D eigenvalue weighted by Crippen LogP contribution is 2.30. The van der Waals surface area contributed by atoms with Crippen LogP contribution in [0.2, 0.25) is 0 Å². The van der Waals surface area contributed by atoms with Crippen LogP contribution in [-0.2, 0) is 16.0 Å². The lowest BCUT2D eigenvalue weighted by molar-refractivity contribution is -0.120. The van der Waals surface area contributed by atoms with Crippen LogP contribution in [0.5, 0.6) is 0 Å². The molecule has 1 heterocycles. The van der Waals surface area contributed by atoms with Crippen molar-refractivity contribution >= 4 is 28.3 Å². The van der Waals surface area contributed by atoms with E-state index < -0.39 is 0 Å². The van der Waals surface area contributed by atoms with Crippen molar-refractivity contribution in [3.05, 3.63) is 11.1 Å². The molecule has 134 valence electrons. The van der Waals surface area contributed by atoms with Crippen LogP contribution in [0.4, 0.5) is 5.13 Å². The van der Waals surface area contributed by atoms with E-state index in [1.807, 2.05) is 5.38 Å². The van der Waals surface area contributed by atoms with Gasteiger partial charge in [-0.15, -0.1) is 11.3 Å². The molecule has 24 heavy (non-hydrogen) atoms. The topological polar surface area (TPSA) is 71.1 Å². The molecule has 1 aliphatic rings. The van der Waals surface area contributed by atoms with E-state index in [1.165, 1.54) is 37.0 Å². The third-order valence-electron chi connectivity index (χ3n) is 4.10. The van der Waals surface area contributed by atoms with E-state index in [9.17, 15) is 9.59 Å². The van der Waals surface area contributed by atoms with Gasteiger partial charge in [-0.2, -0.15) is 0 Å². The summed E-state index contributed by atoms with van der Waals surface area (Å²) >= 11 is 1.38. The molecule has 2 N–H and O–H groups in total. The molecule has 6 heteroatoms. The van der Waals surface area contributed by atoms with Crippen LogP contribution in [0.15, 0.2) is 5.38 Å². The highest BCUT2D eigenvalue weighted by Gasteiger charge is 2.30. The van der Waals surface area contributed by atoms with Crippen molar-refractivity contribution in [3.8, 4) is 0 Å². The summed E-state index contributed by atoms with van der Waals surface area (Å²) in [4.78, 5) is 27.9. The van der Waals surface area contributed by atoms with Gasteiger partial charge in [-0.3, -0.25) is 9.59 Å². The minimum absolute atomic E-state index is 0.00236. The first-order valence-electron chi connectivity index (χ1n) is 9.06. The molecule has 1 saturated carbocycles. The van der Waals surface area contributed by atoms with E-state index in [1.54, 1.807) is 0 Å². The van der Waals surface area contributed by atoms with Gasteiger partial charge in [-0.05, 0) is 25.2 Å². The second kappa shape index (κ2) is 9.77. The zero-order valence-corrected chi connectivity index (χ0v) is 15.6. The average Bonchev–Trinajstić information content (AvgIpc) is 3.29. The third kappa shape index (κ3) is 7.43. The molecular weight excluding hydrogens is 322 g/mol. The van der Waals surface area contributed by atoms with Crippen LogP contribution in [0.1, 0.15) is 64.5 Å². The molecule has 0 atom stereocenters. The summed E-state index contributed by atoms with van der Waals surface area (Å²) in [5, 5.41) is 8.20. The molecule has 0 spiro atoms. The highest BCUT2D eigenvalue weighted by molar-refractivity contribution is 7.13. The summed E-state index contributed by atoms with van der Waals surface area (Å²) in [7, 11) is 0. The maximum atomic E-state index is 11.9. The van der Waals surface area contributed by atoms with Crippen LogP contribution >= 0.6 is 11.3 Å². The van der Waals surface area contributed by atoms with Gasteiger partial charge in [0.05, 0.1) is 12.1 Å². The Morgan fingerprint density at radius 1 is 1.25 bits per heavy atom. The van der Waals surface area contributed by atoms with Gasteiger partial charge in [0.2, 0.25) is 11.8 Å². The normalized spacial score (nSPS) is 14.0. The third-order valence-corrected chi connectivity index (χ3v) is 4.91. The summed E-state index contributed by atoms with van der Waals surface area (Å²) in [6.07, 6.45) is 8.24. The SMILES string of the molecule is CC(C)CCCCCCNC(=O)Cc1csc(NC(=O)C2CC2)n1. The van der Waals surface area contributed by atoms with Crippen LogP contribution in [-0.4, -0.2) is 23.3 Å². The molecular formula is C18H29N3O2S. The Hall–Kier alpha value is -1.43. The Kier molecular flexibility index (Phi) is 7.69. The molecule has 0 unspecified atom stereocenters. The predicted octanol–water partition coefficient (Wildman–Crippen LogP) is 3.76. The number of rotatable bonds is 11. The lowest BCUT2D eigenvalue weighted by Gasteiger charge is -2.05. The second-order valence-electron chi connectivity index (χ2n) is 7.03. The predicted molar refractivity (Wildman–Crippen MR) is 98.1 cm³/mol. The molecule has 0 aliphatic heterocycles. The maximum Gasteiger partial charge on any atom is 0.229 e. The molecule has 1 fully saturated rings.